The van der Waals surface area contributed by atoms with Crippen LogP contribution in [0, 0.1) is 11.6 Å². The number of nitrogens with zero attached hydrogens (tertiary/aromatic N) is 2. The molecular formula is C32H39F2N3O2. The van der Waals surface area contributed by atoms with Crippen LogP contribution in [0.3, 0.4) is 0 Å². The normalized spacial score (nSPS) is 17.5. The van der Waals surface area contributed by atoms with E-state index >= 15 is 0 Å². The van der Waals surface area contributed by atoms with Crippen LogP contribution in [0.1, 0.15) is 56.0 Å². The van der Waals surface area contributed by atoms with Gasteiger partial charge in [0.25, 0.3) is 0 Å². The summed E-state index contributed by atoms with van der Waals surface area (Å²) < 4.78 is 33.8. The van der Waals surface area contributed by atoms with E-state index in [0.717, 1.165) is 22.3 Å². The molecule has 39 heavy (non-hydrogen) atoms. The summed E-state index contributed by atoms with van der Waals surface area (Å²) in [6.07, 6.45) is 0.295. The number of hydrogen-bond acceptors (Lipinski definition) is 4. The number of halogens is 2. The molecule has 0 aliphatic carbocycles. The Labute approximate surface area is 230 Å². The standard InChI is InChI=1S/C32H39F2N3O2/c1-5-35-30-28-20-27(34)16-13-25(28)22-36(29(30)19-23-11-14-26(33)15-12-23)17-18-37(31(38)39-32(2,3)4)21-24-9-7-6-8-10-24/h6-16,20,29-30,35H,5,17-19,21-22H2,1-4H3. The van der Waals surface area contributed by atoms with Crippen molar-refractivity contribution in [3.63, 3.8) is 0 Å². The van der Waals surface area contributed by atoms with Crippen molar-refractivity contribution in [1.29, 1.82) is 0 Å². The van der Waals surface area contributed by atoms with Crippen molar-refractivity contribution in [2.45, 2.75) is 64.9 Å². The first-order chi connectivity index (χ1) is 18.6. The summed E-state index contributed by atoms with van der Waals surface area (Å²) in [6, 6.07) is 21.3. The van der Waals surface area contributed by atoms with Gasteiger partial charge in [0.05, 0.1) is 0 Å². The third-order valence-electron chi connectivity index (χ3n) is 6.98. The van der Waals surface area contributed by atoms with E-state index in [9.17, 15) is 13.6 Å². The molecule has 5 nitrogen and oxygen atoms in total. The molecule has 2 atom stereocenters. The van der Waals surface area contributed by atoms with Crippen molar-refractivity contribution in [2.24, 2.45) is 0 Å². The van der Waals surface area contributed by atoms with Crippen LogP contribution in [0.4, 0.5) is 13.6 Å². The molecule has 2 unspecified atom stereocenters. The lowest BCUT2D eigenvalue weighted by Crippen LogP contribution is -2.52. The highest BCUT2D eigenvalue weighted by atomic mass is 19.1. The number of carbonyl (C=O) groups is 1. The van der Waals surface area contributed by atoms with Gasteiger partial charge in [-0.05, 0) is 80.3 Å². The molecule has 0 saturated carbocycles. The Morgan fingerprint density at radius 1 is 1.00 bits per heavy atom. The largest absolute Gasteiger partial charge is 0.444 e. The lowest BCUT2D eigenvalue weighted by atomic mass is 9.85. The number of carbonyl (C=O) groups excluding carboxylic acids is 1. The molecule has 208 valence electrons. The van der Waals surface area contributed by atoms with Gasteiger partial charge in [-0.2, -0.15) is 0 Å². The van der Waals surface area contributed by atoms with Crippen molar-refractivity contribution in [1.82, 2.24) is 15.1 Å². The van der Waals surface area contributed by atoms with Crippen LogP contribution in [0.5, 0.6) is 0 Å². The monoisotopic (exact) mass is 535 g/mol. The highest BCUT2D eigenvalue weighted by Gasteiger charge is 2.35. The van der Waals surface area contributed by atoms with E-state index in [1.54, 1.807) is 23.1 Å². The van der Waals surface area contributed by atoms with Gasteiger partial charge in [-0.1, -0.05) is 55.5 Å². The third-order valence-corrected chi connectivity index (χ3v) is 6.98. The maximum atomic E-state index is 14.3. The molecule has 0 radical (unpaired) electrons. The summed E-state index contributed by atoms with van der Waals surface area (Å²) in [5.74, 6) is -0.534. The molecule has 1 aliphatic heterocycles. The second-order valence-corrected chi connectivity index (χ2v) is 11.1. The van der Waals surface area contributed by atoms with Gasteiger partial charge in [0.1, 0.15) is 17.2 Å². The minimum atomic E-state index is -0.610. The zero-order chi connectivity index (χ0) is 28.0. The van der Waals surface area contributed by atoms with E-state index in [1.165, 1.54) is 18.2 Å². The van der Waals surface area contributed by atoms with Crippen LogP contribution in [0.2, 0.25) is 0 Å². The molecule has 4 rings (SSSR count). The molecule has 3 aromatic rings. The van der Waals surface area contributed by atoms with Crippen molar-refractivity contribution >= 4 is 6.09 Å². The smallest absolute Gasteiger partial charge is 0.410 e. The Bertz CT molecular complexity index is 1230. The number of ether oxygens (including phenoxy) is 1. The first-order valence-electron chi connectivity index (χ1n) is 13.6. The first-order valence-corrected chi connectivity index (χ1v) is 13.6. The SMILES string of the molecule is CCNC1c2cc(F)ccc2CN(CCN(Cc2ccccc2)C(=O)OC(C)(C)C)C1Cc1ccc(F)cc1. The molecule has 0 saturated heterocycles. The Morgan fingerprint density at radius 2 is 1.69 bits per heavy atom. The molecule has 1 N–H and O–H groups in total. The lowest BCUT2D eigenvalue weighted by Gasteiger charge is -2.44. The quantitative estimate of drug-likeness (QED) is 0.341. The fourth-order valence-electron chi connectivity index (χ4n) is 5.19. The molecule has 7 heteroatoms. The fourth-order valence-corrected chi connectivity index (χ4v) is 5.19. The zero-order valence-electron chi connectivity index (χ0n) is 23.3. The average Bonchev–Trinajstić information content (AvgIpc) is 2.89. The second-order valence-electron chi connectivity index (χ2n) is 11.1. The minimum Gasteiger partial charge on any atom is -0.444 e. The molecule has 3 aromatic carbocycles. The van der Waals surface area contributed by atoms with E-state index in [1.807, 2.05) is 64.1 Å². The van der Waals surface area contributed by atoms with Gasteiger partial charge in [-0.15, -0.1) is 0 Å². The molecule has 1 amide bonds. The fraction of sp³-hybridized carbons (Fsp3) is 0.406. The van der Waals surface area contributed by atoms with Crippen molar-refractivity contribution in [3.8, 4) is 0 Å². The van der Waals surface area contributed by atoms with Crippen molar-refractivity contribution in [3.05, 3.63) is 107 Å². The predicted molar refractivity (Wildman–Crippen MR) is 150 cm³/mol. The number of hydrogen-bond donors (Lipinski definition) is 1. The zero-order valence-corrected chi connectivity index (χ0v) is 23.3. The molecule has 1 heterocycles. The van der Waals surface area contributed by atoms with Crippen LogP contribution in [0.15, 0.2) is 72.8 Å². The van der Waals surface area contributed by atoms with E-state index in [-0.39, 0.29) is 29.8 Å². The van der Waals surface area contributed by atoms with Gasteiger partial charge >= 0.3 is 6.09 Å². The maximum Gasteiger partial charge on any atom is 0.410 e. The van der Waals surface area contributed by atoms with Crippen molar-refractivity contribution in [2.75, 3.05) is 19.6 Å². The van der Waals surface area contributed by atoms with Gasteiger partial charge in [-0.25, -0.2) is 13.6 Å². The Morgan fingerprint density at radius 3 is 2.36 bits per heavy atom. The Kier molecular flexibility index (Phi) is 9.36. The number of amides is 1. The van der Waals surface area contributed by atoms with Crippen LogP contribution in [-0.4, -0.2) is 47.2 Å². The van der Waals surface area contributed by atoms with Crippen molar-refractivity contribution < 1.29 is 18.3 Å². The molecule has 0 spiro atoms. The summed E-state index contributed by atoms with van der Waals surface area (Å²) in [5.41, 5.74) is 3.43. The minimum absolute atomic E-state index is 0.0260. The molecule has 0 bridgehead atoms. The Balaban J connectivity index is 1.62. The van der Waals surface area contributed by atoms with E-state index < -0.39 is 5.60 Å². The summed E-state index contributed by atoms with van der Waals surface area (Å²) in [6.45, 7) is 10.5. The second kappa shape index (κ2) is 12.7. The van der Waals surface area contributed by atoms with E-state index in [2.05, 4.69) is 10.2 Å². The van der Waals surface area contributed by atoms with Gasteiger partial charge in [0.15, 0.2) is 0 Å². The number of rotatable bonds is 9. The average molecular weight is 536 g/mol. The first kappa shape index (κ1) is 28.7. The Hall–Kier alpha value is -3.29. The van der Waals surface area contributed by atoms with Crippen LogP contribution in [-0.2, 0) is 24.2 Å². The highest BCUT2D eigenvalue weighted by Crippen LogP contribution is 2.34. The topological polar surface area (TPSA) is 44.8 Å². The number of benzene rings is 3. The summed E-state index contributed by atoms with van der Waals surface area (Å²) in [5, 5.41) is 3.57. The number of fused-ring (bicyclic) bond motifs is 1. The lowest BCUT2D eigenvalue weighted by molar-refractivity contribution is 0.0188. The summed E-state index contributed by atoms with van der Waals surface area (Å²) in [7, 11) is 0. The van der Waals surface area contributed by atoms with Gasteiger partial charge < -0.3 is 15.0 Å². The van der Waals surface area contributed by atoms with Crippen LogP contribution in [0.25, 0.3) is 0 Å². The predicted octanol–water partition coefficient (Wildman–Crippen LogP) is 6.48. The van der Waals surface area contributed by atoms with Gasteiger partial charge in [0, 0.05) is 38.3 Å². The summed E-state index contributed by atoms with van der Waals surface area (Å²) in [4.78, 5) is 17.3. The van der Waals surface area contributed by atoms with E-state index in [4.69, 9.17) is 4.74 Å². The van der Waals surface area contributed by atoms with E-state index in [0.29, 0.717) is 39.1 Å². The number of nitrogens with one attached hydrogen (secondary N) is 1. The van der Waals surface area contributed by atoms with Crippen LogP contribution < -0.4 is 5.32 Å². The number of likely N-dealkylation sites (N-methyl/N-ethyl adjacent to an activating group) is 1. The summed E-state index contributed by atoms with van der Waals surface area (Å²) >= 11 is 0. The molecule has 0 fully saturated rings. The van der Waals surface area contributed by atoms with Gasteiger partial charge in [-0.3, -0.25) is 4.90 Å². The third kappa shape index (κ3) is 7.87. The molecular weight excluding hydrogens is 496 g/mol. The van der Waals surface area contributed by atoms with Crippen LogP contribution >= 0.6 is 0 Å². The maximum absolute atomic E-state index is 14.3. The molecule has 0 aromatic heterocycles. The molecule has 1 aliphatic rings. The van der Waals surface area contributed by atoms with Gasteiger partial charge in [0.2, 0.25) is 0 Å². The highest BCUT2D eigenvalue weighted by molar-refractivity contribution is 5.68.